The summed E-state index contributed by atoms with van der Waals surface area (Å²) in [6.07, 6.45) is -4.15. The number of ether oxygens (including phenoxy) is 1. The molecule has 0 aromatic carbocycles. The second-order valence-corrected chi connectivity index (χ2v) is 3.38. The Hall–Kier alpha value is -1.50. The molecule has 1 aromatic rings. The Kier molecular flexibility index (Phi) is 4.56. The number of carboxylic acid groups (broad SMARTS) is 1. The van der Waals surface area contributed by atoms with Gasteiger partial charge in [0.25, 0.3) is 0 Å². The molecule has 0 saturated heterocycles. The Balaban J connectivity index is 2.20. The molecule has 0 saturated carbocycles. The van der Waals surface area contributed by atoms with Crippen molar-refractivity contribution >= 4 is 5.97 Å². The summed E-state index contributed by atoms with van der Waals surface area (Å²) >= 11 is 0. The largest absolute Gasteiger partial charge is 0.478 e. The maximum absolute atomic E-state index is 11.8. The van der Waals surface area contributed by atoms with Gasteiger partial charge in [-0.1, -0.05) is 0 Å². The van der Waals surface area contributed by atoms with E-state index in [4.69, 9.17) is 14.3 Å². The van der Waals surface area contributed by atoms with E-state index in [1.54, 1.807) is 0 Å². The molecule has 7 heteroatoms. The van der Waals surface area contributed by atoms with Crippen LogP contribution in [-0.4, -0.2) is 23.9 Å². The molecule has 0 unspecified atom stereocenters. The summed E-state index contributed by atoms with van der Waals surface area (Å²) in [6.45, 7) is -0.0895. The second-order valence-electron chi connectivity index (χ2n) is 3.38. The number of carboxylic acids is 1. The summed E-state index contributed by atoms with van der Waals surface area (Å²) in [5, 5.41) is 8.57. The molecule has 1 aromatic heterocycles. The molecular formula is C10H11F3O4. The third kappa shape index (κ3) is 5.39. The van der Waals surface area contributed by atoms with E-state index >= 15 is 0 Å². The molecule has 0 amide bonds. The molecule has 0 bridgehead atoms. The summed E-state index contributed by atoms with van der Waals surface area (Å²) < 4.78 is 45.0. The van der Waals surface area contributed by atoms with Crippen molar-refractivity contribution in [3.05, 3.63) is 23.7 Å². The van der Waals surface area contributed by atoms with Crippen LogP contribution in [0.1, 0.15) is 29.0 Å². The molecule has 1 rings (SSSR count). The van der Waals surface area contributed by atoms with Crippen molar-refractivity contribution in [2.45, 2.75) is 25.6 Å². The van der Waals surface area contributed by atoms with E-state index in [0.717, 1.165) is 6.26 Å². The van der Waals surface area contributed by atoms with Crippen LogP contribution in [0.25, 0.3) is 0 Å². The Labute approximate surface area is 95.0 Å². The van der Waals surface area contributed by atoms with Crippen LogP contribution in [0.2, 0.25) is 0 Å². The molecule has 96 valence electrons. The zero-order chi connectivity index (χ0) is 12.9. The highest BCUT2D eigenvalue weighted by Gasteiger charge is 2.25. The lowest BCUT2D eigenvalue weighted by Crippen LogP contribution is -2.08. The highest BCUT2D eigenvalue weighted by molar-refractivity contribution is 5.87. The van der Waals surface area contributed by atoms with Crippen LogP contribution < -0.4 is 0 Å². The highest BCUT2D eigenvalue weighted by Crippen LogP contribution is 2.21. The maximum Gasteiger partial charge on any atom is 0.389 e. The maximum atomic E-state index is 11.8. The lowest BCUT2D eigenvalue weighted by atomic mass is 10.3. The second kappa shape index (κ2) is 5.72. The number of furan rings is 1. The molecule has 1 heterocycles. The van der Waals surface area contributed by atoms with E-state index in [-0.39, 0.29) is 31.0 Å². The van der Waals surface area contributed by atoms with Crippen molar-refractivity contribution in [3.63, 3.8) is 0 Å². The quantitative estimate of drug-likeness (QED) is 0.791. The molecule has 0 aliphatic carbocycles. The van der Waals surface area contributed by atoms with Crippen LogP contribution in [0.15, 0.2) is 16.7 Å². The Morgan fingerprint density at radius 1 is 1.47 bits per heavy atom. The van der Waals surface area contributed by atoms with Crippen LogP contribution in [0, 0.1) is 0 Å². The van der Waals surface area contributed by atoms with E-state index in [2.05, 4.69) is 0 Å². The molecule has 0 spiro atoms. The van der Waals surface area contributed by atoms with Gasteiger partial charge in [0.1, 0.15) is 18.6 Å². The van der Waals surface area contributed by atoms with Crippen molar-refractivity contribution in [2.24, 2.45) is 0 Å². The number of rotatable bonds is 6. The number of halogens is 3. The summed E-state index contributed by atoms with van der Waals surface area (Å²) in [4.78, 5) is 10.5. The Morgan fingerprint density at radius 3 is 2.71 bits per heavy atom. The summed E-state index contributed by atoms with van der Waals surface area (Å²) in [7, 11) is 0. The summed E-state index contributed by atoms with van der Waals surface area (Å²) in [6, 6.07) is 1.27. The van der Waals surface area contributed by atoms with Gasteiger partial charge in [-0.2, -0.15) is 13.2 Å². The van der Waals surface area contributed by atoms with E-state index in [0.29, 0.717) is 0 Å². The predicted molar refractivity (Wildman–Crippen MR) is 50.6 cm³/mol. The number of hydrogen-bond donors (Lipinski definition) is 1. The smallest absolute Gasteiger partial charge is 0.389 e. The van der Waals surface area contributed by atoms with Gasteiger partial charge in [0.05, 0.1) is 5.56 Å². The SMILES string of the molecule is O=C(O)c1coc(COCCCC(F)(F)F)c1. The van der Waals surface area contributed by atoms with Gasteiger partial charge in [-0.25, -0.2) is 4.79 Å². The van der Waals surface area contributed by atoms with Crippen molar-refractivity contribution in [1.29, 1.82) is 0 Å². The number of hydrogen-bond acceptors (Lipinski definition) is 3. The van der Waals surface area contributed by atoms with Crippen LogP contribution in [0.5, 0.6) is 0 Å². The molecule has 17 heavy (non-hydrogen) atoms. The fourth-order valence-electron chi connectivity index (χ4n) is 1.12. The monoisotopic (exact) mass is 252 g/mol. The first-order valence-corrected chi connectivity index (χ1v) is 4.83. The lowest BCUT2D eigenvalue weighted by molar-refractivity contribution is -0.138. The predicted octanol–water partition coefficient (Wildman–Crippen LogP) is 2.84. The molecule has 0 aliphatic rings. The van der Waals surface area contributed by atoms with Crippen LogP contribution in [0.3, 0.4) is 0 Å². The molecule has 0 radical (unpaired) electrons. The minimum absolute atomic E-state index is 0.0149. The lowest BCUT2D eigenvalue weighted by Gasteiger charge is -2.05. The zero-order valence-electron chi connectivity index (χ0n) is 8.79. The zero-order valence-corrected chi connectivity index (χ0v) is 8.79. The van der Waals surface area contributed by atoms with Gasteiger partial charge in [-0.15, -0.1) is 0 Å². The van der Waals surface area contributed by atoms with Gasteiger partial charge in [-0.05, 0) is 12.5 Å². The van der Waals surface area contributed by atoms with Gasteiger partial charge in [-0.3, -0.25) is 0 Å². The summed E-state index contributed by atoms with van der Waals surface area (Å²) in [5.41, 5.74) is -0.0149. The highest BCUT2D eigenvalue weighted by atomic mass is 19.4. The third-order valence-corrected chi connectivity index (χ3v) is 1.89. The topological polar surface area (TPSA) is 59.7 Å². The molecule has 0 fully saturated rings. The standard InChI is InChI=1S/C10H11F3O4/c11-10(12,13)2-1-3-16-6-8-4-7(5-17-8)9(14)15/h4-5H,1-3,6H2,(H,14,15). The number of alkyl halides is 3. The minimum atomic E-state index is -4.18. The molecule has 1 N–H and O–H groups in total. The van der Waals surface area contributed by atoms with Gasteiger partial charge in [0.15, 0.2) is 0 Å². The summed E-state index contributed by atoms with van der Waals surface area (Å²) in [5.74, 6) is -0.855. The number of aromatic carboxylic acids is 1. The van der Waals surface area contributed by atoms with Gasteiger partial charge in [0, 0.05) is 13.0 Å². The van der Waals surface area contributed by atoms with Crippen molar-refractivity contribution in [3.8, 4) is 0 Å². The van der Waals surface area contributed by atoms with Crippen LogP contribution in [0.4, 0.5) is 13.2 Å². The number of carbonyl (C=O) groups is 1. The first-order chi connectivity index (χ1) is 7.88. The first-order valence-electron chi connectivity index (χ1n) is 4.83. The average Bonchev–Trinajstić information content (AvgIpc) is 2.64. The molecule has 0 atom stereocenters. The van der Waals surface area contributed by atoms with Crippen molar-refractivity contribution in [1.82, 2.24) is 0 Å². The van der Waals surface area contributed by atoms with Crippen molar-refractivity contribution in [2.75, 3.05) is 6.61 Å². The van der Waals surface area contributed by atoms with Crippen LogP contribution >= 0.6 is 0 Å². The van der Waals surface area contributed by atoms with E-state index in [9.17, 15) is 18.0 Å². The molecule has 4 nitrogen and oxygen atoms in total. The van der Waals surface area contributed by atoms with E-state index in [1.807, 2.05) is 0 Å². The Bertz CT molecular complexity index is 370. The van der Waals surface area contributed by atoms with E-state index < -0.39 is 18.6 Å². The van der Waals surface area contributed by atoms with Gasteiger partial charge >= 0.3 is 12.1 Å². The van der Waals surface area contributed by atoms with Crippen LogP contribution in [-0.2, 0) is 11.3 Å². The molecular weight excluding hydrogens is 241 g/mol. The van der Waals surface area contributed by atoms with Gasteiger partial charge < -0.3 is 14.3 Å². The minimum Gasteiger partial charge on any atom is -0.478 e. The molecule has 0 aliphatic heterocycles. The first kappa shape index (κ1) is 13.6. The fraction of sp³-hybridized carbons (Fsp3) is 0.500. The van der Waals surface area contributed by atoms with Crippen molar-refractivity contribution < 1.29 is 32.2 Å². The third-order valence-electron chi connectivity index (χ3n) is 1.89. The average molecular weight is 252 g/mol. The van der Waals surface area contributed by atoms with E-state index in [1.165, 1.54) is 6.07 Å². The normalized spacial score (nSPS) is 11.7. The van der Waals surface area contributed by atoms with Gasteiger partial charge in [0.2, 0.25) is 0 Å². The fourth-order valence-corrected chi connectivity index (χ4v) is 1.12. The Morgan fingerprint density at radius 2 is 2.18 bits per heavy atom.